The molecule has 2 heterocycles. The van der Waals surface area contributed by atoms with Crippen molar-refractivity contribution >= 4 is 68.1 Å². The van der Waals surface area contributed by atoms with Gasteiger partial charge in [0.2, 0.25) is 0 Å². The number of halogens is 3. The van der Waals surface area contributed by atoms with Crippen molar-refractivity contribution in [2.75, 3.05) is 0 Å². The highest BCUT2D eigenvalue weighted by Crippen LogP contribution is 2.36. The van der Waals surface area contributed by atoms with Crippen LogP contribution in [0, 0.1) is 0 Å². The van der Waals surface area contributed by atoms with Gasteiger partial charge in [-0.3, -0.25) is 14.5 Å². The van der Waals surface area contributed by atoms with Crippen molar-refractivity contribution in [3.8, 4) is 11.3 Å². The minimum atomic E-state index is -0.349. The number of carbonyl (C=O) groups is 2. The van der Waals surface area contributed by atoms with Gasteiger partial charge in [0.1, 0.15) is 11.5 Å². The predicted octanol–water partition coefficient (Wildman–Crippen LogP) is 7.25. The maximum atomic E-state index is 12.7. The first-order valence-electron chi connectivity index (χ1n) is 8.46. The maximum Gasteiger partial charge on any atom is 0.293 e. The third-order valence-electron chi connectivity index (χ3n) is 4.26. The van der Waals surface area contributed by atoms with Crippen molar-refractivity contribution < 1.29 is 14.0 Å². The monoisotopic (exact) mass is 507 g/mol. The second-order valence-electron chi connectivity index (χ2n) is 6.19. The van der Waals surface area contributed by atoms with Crippen LogP contribution in [0.15, 0.2) is 68.4 Å². The smallest absolute Gasteiger partial charge is 0.293 e. The van der Waals surface area contributed by atoms with Crippen LogP contribution >= 0.6 is 50.9 Å². The Morgan fingerprint density at radius 3 is 2.62 bits per heavy atom. The number of amides is 2. The van der Waals surface area contributed by atoms with E-state index in [0.717, 1.165) is 21.8 Å². The number of thioether (sulfide) groups is 1. The van der Waals surface area contributed by atoms with Gasteiger partial charge in [-0.25, -0.2) is 0 Å². The zero-order valence-electron chi connectivity index (χ0n) is 14.7. The van der Waals surface area contributed by atoms with Gasteiger partial charge in [0, 0.05) is 21.1 Å². The van der Waals surface area contributed by atoms with Crippen molar-refractivity contribution in [3.05, 3.63) is 85.3 Å². The number of hydrogen-bond donors (Lipinski definition) is 0. The molecule has 1 fully saturated rings. The third kappa shape index (κ3) is 4.31. The molecule has 0 bridgehead atoms. The summed E-state index contributed by atoms with van der Waals surface area (Å²) in [4.78, 5) is 26.6. The number of carbonyl (C=O) groups excluding carboxylic acids is 2. The molecule has 2 amide bonds. The second-order valence-corrected chi connectivity index (χ2v) is 8.88. The molecule has 29 heavy (non-hydrogen) atoms. The summed E-state index contributed by atoms with van der Waals surface area (Å²) in [5.41, 5.74) is 1.55. The molecule has 8 heteroatoms. The van der Waals surface area contributed by atoms with Crippen LogP contribution in [0.25, 0.3) is 17.4 Å². The number of benzene rings is 2. The van der Waals surface area contributed by atoms with E-state index < -0.39 is 0 Å². The van der Waals surface area contributed by atoms with Gasteiger partial charge in [-0.05, 0) is 53.7 Å². The van der Waals surface area contributed by atoms with Gasteiger partial charge in [0.25, 0.3) is 11.1 Å². The predicted molar refractivity (Wildman–Crippen MR) is 120 cm³/mol. The molecular weight excluding hydrogens is 497 g/mol. The molecule has 0 unspecified atom stereocenters. The molecule has 1 aromatic heterocycles. The summed E-state index contributed by atoms with van der Waals surface area (Å²) in [6.07, 6.45) is 1.57. The van der Waals surface area contributed by atoms with Gasteiger partial charge in [-0.1, -0.05) is 57.3 Å². The summed E-state index contributed by atoms with van der Waals surface area (Å²) >= 11 is 16.5. The highest BCUT2D eigenvalue weighted by atomic mass is 79.9. The lowest BCUT2D eigenvalue weighted by Gasteiger charge is -2.13. The first-order valence-corrected chi connectivity index (χ1v) is 10.8. The van der Waals surface area contributed by atoms with E-state index in [2.05, 4.69) is 15.9 Å². The van der Waals surface area contributed by atoms with Crippen LogP contribution in [-0.2, 0) is 11.3 Å². The lowest BCUT2D eigenvalue weighted by atomic mass is 10.2. The average molecular weight is 509 g/mol. The number of nitrogens with zero attached hydrogens (tertiary/aromatic N) is 1. The van der Waals surface area contributed by atoms with Gasteiger partial charge in [0.15, 0.2) is 0 Å². The van der Waals surface area contributed by atoms with Gasteiger partial charge >= 0.3 is 0 Å². The number of rotatable bonds is 4. The molecule has 1 aliphatic rings. The minimum absolute atomic E-state index is 0.202. The zero-order chi connectivity index (χ0) is 20.5. The van der Waals surface area contributed by atoms with E-state index in [1.54, 1.807) is 36.4 Å². The summed E-state index contributed by atoms with van der Waals surface area (Å²) in [6, 6.07) is 16.1. The molecule has 1 saturated heterocycles. The number of hydrogen-bond acceptors (Lipinski definition) is 4. The first kappa shape index (κ1) is 20.3. The van der Waals surface area contributed by atoms with Crippen LogP contribution in [0.2, 0.25) is 10.0 Å². The largest absolute Gasteiger partial charge is 0.457 e. The zero-order valence-corrected chi connectivity index (χ0v) is 18.6. The molecule has 2 aromatic carbocycles. The molecular formula is C21H12BrCl2NO3S. The minimum Gasteiger partial charge on any atom is -0.457 e. The van der Waals surface area contributed by atoms with Gasteiger partial charge in [-0.2, -0.15) is 0 Å². The standard InChI is InChI=1S/C21H12BrCl2NO3S/c22-16-4-2-1-3-12(16)11-25-20(26)19(29-21(25)27)10-14-6-8-18(28-14)15-7-5-13(23)9-17(15)24/h1-10H,11H2/b19-10-. The summed E-state index contributed by atoms with van der Waals surface area (Å²) in [5.74, 6) is 0.654. The van der Waals surface area contributed by atoms with Gasteiger partial charge < -0.3 is 4.42 Å². The molecule has 0 radical (unpaired) electrons. The van der Waals surface area contributed by atoms with Crippen LogP contribution in [0.4, 0.5) is 4.79 Å². The second kappa shape index (κ2) is 8.40. The fourth-order valence-electron chi connectivity index (χ4n) is 2.83. The molecule has 0 N–H and O–H groups in total. The van der Waals surface area contributed by atoms with Crippen molar-refractivity contribution in [1.82, 2.24) is 4.90 Å². The van der Waals surface area contributed by atoms with E-state index in [-0.39, 0.29) is 17.7 Å². The van der Waals surface area contributed by atoms with E-state index in [4.69, 9.17) is 27.6 Å². The van der Waals surface area contributed by atoms with Crippen LogP contribution in [-0.4, -0.2) is 16.0 Å². The Morgan fingerprint density at radius 1 is 1.07 bits per heavy atom. The number of furan rings is 1. The van der Waals surface area contributed by atoms with Crippen LogP contribution in [0.5, 0.6) is 0 Å². The molecule has 4 rings (SSSR count). The Kier molecular flexibility index (Phi) is 5.88. The summed E-state index contributed by atoms with van der Waals surface area (Å²) < 4.78 is 6.65. The average Bonchev–Trinajstić information content (AvgIpc) is 3.24. The first-order chi connectivity index (χ1) is 13.9. The Hall–Kier alpha value is -1.99. The summed E-state index contributed by atoms with van der Waals surface area (Å²) in [6.45, 7) is 0.202. The highest BCUT2D eigenvalue weighted by Gasteiger charge is 2.35. The molecule has 4 nitrogen and oxygen atoms in total. The molecule has 1 aliphatic heterocycles. The summed E-state index contributed by atoms with van der Waals surface area (Å²) in [5, 5.41) is 0.681. The Labute approximate surface area is 189 Å². The Bertz CT molecular complexity index is 1160. The third-order valence-corrected chi connectivity index (χ3v) is 6.49. The van der Waals surface area contributed by atoms with E-state index >= 15 is 0 Å². The van der Waals surface area contributed by atoms with Gasteiger partial charge in [0.05, 0.1) is 16.5 Å². The van der Waals surface area contributed by atoms with E-state index in [1.807, 2.05) is 24.3 Å². The number of imide groups is 1. The molecule has 0 spiro atoms. The molecule has 3 aromatic rings. The fourth-order valence-corrected chi connectivity index (χ4v) is 4.56. The van der Waals surface area contributed by atoms with Crippen molar-refractivity contribution in [1.29, 1.82) is 0 Å². The quantitative estimate of drug-likeness (QED) is 0.348. The molecule has 0 aliphatic carbocycles. The Morgan fingerprint density at radius 2 is 1.86 bits per heavy atom. The topological polar surface area (TPSA) is 50.5 Å². The summed E-state index contributed by atoms with van der Waals surface area (Å²) in [7, 11) is 0. The van der Waals surface area contributed by atoms with Crippen LogP contribution in [0.3, 0.4) is 0 Å². The Balaban J connectivity index is 1.56. The van der Waals surface area contributed by atoms with Crippen molar-refractivity contribution in [2.24, 2.45) is 0 Å². The van der Waals surface area contributed by atoms with Crippen LogP contribution in [0.1, 0.15) is 11.3 Å². The lowest BCUT2D eigenvalue weighted by Crippen LogP contribution is -2.27. The highest BCUT2D eigenvalue weighted by molar-refractivity contribution is 9.10. The van der Waals surface area contributed by atoms with E-state index in [9.17, 15) is 9.59 Å². The lowest BCUT2D eigenvalue weighted by molar-refractivity contribution is -0.123. The van der Waals surface area contributed by atoms with E-state index in [0.29, 0.717) is 32.0 Å². The maximum absolute atomic E-state index is 12.7. The normalized spacial score (nSPS) is 15.6. The van der Waals surface area contributed by atoms with E-state index in [1.165, 1.54) is 4.90 Å². The van der Waals surface area contributed by atoms with Crippen molar-refractivity contribution in [3.63, 3.8) is 0 Å². The fraction of sp³-hybridized carbons (Fsp3) is 0.0476. The van der Waals surface area contributed by atoms with Crippen LogP contribution < -0.4 is 0 Å². The van der Waals surface area contributed by atoms with Gasteiger partial charge in [-0.15, -0.1) is 0 Å². The molecule has 0 saturated carbocycles. The molecule has 146 valence electrons. The SMILES string of the molecule is O=C1S/C(=C\c2ccc(-c3ccc(Cl)cc3Cl)o2)C(=O)N1Cc1ccccc1Br. The van der Waals surface area contributed by atoms with Crippen molar-refractivity contribution in [2.45, 2.75) is 6.54 Å². The molecule has 0 atom stereocenters.